The molecule has 0 unspecified atom stereocenters. The summed E-state index contributed by atoms with van der Waals surface area (Å²) in [4.78, 5) is 8.36. The van der Waals surface area contributed by atoms with Crippen LogP contribution in [0.15, 0.2) is 23.0 Å². The maximum Gasteiger partial charge on any atom is 0.0897 e. The second-order valence-electron chi connectivity index (χ2n) is 6.89. The highest BCUT2D eigenvalue weighted by Crippen LogP contribution is 2.37. The topological polar surface area (TPSA) is 25.4 Å². The molecule has 0 bridgehead atoms. The maximum atomic E-state index is 5.88. The fourth-order valence-electron chi connectivity index (χ4n) is 3.51. The van der Waals surface area contributed by atoms with Crippen LogP contribution in [-0.4, -0.2) is 36.2 Å². The zero-order chi connectivity index (χ0) is 16.8. The molecule has 0 aromatic carbocycles. The van der Waals surface area contributed by atoms with Crippen molar-refractivity contribution in [1.29, 1.82) is 0 Å². The van der Waals surface area contributed by atoms with Gasteiger partial charge in [0.1, 0.15) is 0 Å². The molecule has 1 fully saturated rings. The molecule has 1 saturated heterocycles. The van der Waals surface area contributed by atoms with Crippen LogP contribution in [0.5, 0.6) is 0 Å². The summed E-state index contributed by atoms with van der Waals surface area (Å²) in [7, 11) is 0. The number of hydrogen-bond donors (Lipinski definition) is 0. The lowest BCUT2D eigenvalue weighted by molar-refractivity contribution is -0.00213. The summed E-state index contributed by atoms with van der Waals surface area (Å²) in [5, 5.41) is 5.64. The van der Waals surface area contributed by atoms with Crippen molar-refractivity contribution in [2.75, 3.05) is 26.3 Å². The minimum absolute atomic E-state index is 0.359. The molecule has 0 N–H and O–H groups in total. The van der Waals surface area contributed by atoms with Crippen LogP contribution in [0, 0.1) is 12.3 Å². The summed E-state index contributed by atoms with van der Waals surface area (Å²) in [6.45, 7) is 9.34. The lowest BCUT2D eigenvalue weighted by Gasteiger charge is -2.41. The number of rotatable bonds is 8. The molecule has 0 saturated carbocycles. The molecular weight excluding hydrogens is 336 g/mol. The number of thiophene rings is 1. The Labute approximate surface area is 153 Å². The van der Waals surface area contributed by atoms with Gasteiger partial charge in [0.2, 0.25) is 0 Å². The van der Waals surface area contributed by atoms with Gasteiger partial charge in [-0.25, -0.2) is 4.98 Å². The standard InChI is InChI=1S/C19H28N2OS2/c1-3-22-15-19(6-4-17-5-11-23-14-17)7-9-21(10-8-19)13-18-12-20-16(2)24-18/h5,11-12,14H,3-4,6-10,13,15H2,1-2H3. The van der Waals surface area contributed by atoms with Crippen molar-refractivity contribution in [1.82, 2.24) is 9.88 Å². The third-order valence-electron chi connectivity index (χ3n) is 5.10. The van der Waals surface area contributed by atoms with Crippen LogP contribution < -0.4 is 0 Å². The minimum atomic E-state index is 0.359. The van der Waals surface area contributed by atoms with Crippen LogP contribution in [0.1, 0.15) is 41.6 Å². The van der Waals surface area contributed by atoms with E-state index in [0.29, 0.717) is 5.41 Å². The molecule has 2 aromatic heterocycles. The zero-order valence-electron chi connectivity index (χ0n) is 14.8. The van der Waals surface area contributed by atoms with Gasteiger partial charge in [-0.05, 0) is 80.4 Å². The third-order valence-corrected chi connectivity index (χ3v) is 6.73. The Balaban J connectivity index is 1.55. The van der Waals surface area contributed by atoms with Crippen LogP contribution in [0.4, 0.5) is 0 Å². The van der Waals surface area contributed by atoms with Crippen LogP contribution in [0.25, 0.3) is 0 Å². The first-order valence-corrected chi connectivity index (χ1v) is 10.7. The van der Waals surface area contributed by atoms with Gasteiger partial charge >= 0.3 is 0 Å². The molecule has 1 aliphatic heterocycles. The number of aromatic nitrogens is 1. The highest BCUT2D eigenvalue weighted by atomic mass is 32.1. The molecule has 0 aliphatic carbocycles. The molecule has 3 rings (SSSR count). The SMILES string of the molecule is CCOCC1(CCc2ccsc2)CCN(Cc2cnc(C)s2)CC1. The summed E-state index contributed by atoms with van der Waals surface area (Å²) in [5.41, 5.74) is 1.84. The quantitative estimate of drug-likeness (QED) is 0.675. The third kappa shape index (κ3) is 4.88. The number of hydrogen-bond acceptors (Lipinski definition) is 5. The predicted octanol–water partition coefficient (Wildman–Crippen LogP) is 4.76. The summed E-state index contributed by atoms with van der Waals surface area (Å²) >= 11 is 3.63. The van der Waals surface area contributed by atoms with Crippen molar-refractivity contribution in [3.05, 3.63) is 38.5 Å². The minimum Gasteiger partial charge on any atom is -0.381 e. The molecule has 2 aromatic rings. The van der Waals surface area contributed by atoms with E-state index in [-0.39, 0.29) is 0 Å². The number of thiazole rings is 1. The van der Waals surface area contributed by atoms with E-state index in [4.69, 9.17) is 4.74 Å². The van der Waals surface area contributed by atoms with E-state index < -0.39 is 0 Å². The smallest absolute Gasteiger partial charge is 0.0897 e. The zero-order valence-corrected chi connectivity index (χ0v) is 16.4. The first-order valence-electron chi connectivity index (χ1n) is 8.92. The summed E-state index contributed by atoms with van der Waals surface area (Å²) in [5.74, 6) is 0. The van der Waals surface area contributed by atoms with Crippen molar-refractivity contribution < 1.29 is 4.74 Å². The Hall–Kier alpha value is -0.750. The van der Waals surface area contributed by atoms with E-state index in [2.05, 4.69) is 40.6 Å². The summed E-state index contributed by atoms with van der Waals surface area (Å²) in [6, 6.07) is 2.26. The second-order valence-corrected chi connectivity index (χ2v) is 8.99. The van der Waals surface area contributed by atoms with E-state index in [1.54, 1.807) is 11.3 Å². The number of aryl methyl sites for hydroxylation is 2. The molecule has 0 amide bonds. The number of likely N-dealkylation sites (tertiary alicyclic amines) is 1. The van der Waals surface area contributed by atoms with Gasteiger partial charge in [0, 0.05) is 24.2 Å². The van der Waals surface area contributed by atoms with Gasteiger partial charge in [0.15, 0.2) is 0 Å². The van der Waals surface area contributed by atoms with Gasteiger partial charge in [-0.1, -0.05) is 0 Å². The largest absolute Gasteiger partial charge is 0.381 e. The molecule has 3 heterocycles. The Morgan fingerprint density at radius 1 is 1.33 bits per heavy atom. The maximum absolute atomic E-state index is 5.88. The summed E-state index contributed by atoms with van der Waals surface area (Å²) in [6.07, 6.45) is 6.96. The van der Waals surface area contributed by atoms with Gasteiger partial charge in [-0.15, -0.1) is 11.3 Å². The lowest BCUT2D eigenvalue weighted by atomic mass is 9.75. The van der Waals surface area contributed by atoms with Gasteiger partial charge in [0.25, 0.3) is 0 Å². The number of nitrogens with zero attached hydrogens (tertiary/aromatic N) is 2. The molecule has 132 valence electrons. The first-order chi connectivity index (χ1) is 11.7. The molecule has 5 heteroatoms. The van der Waals surface area contributed by atoms with Crippen molar-refractivity contribution in [3.8, 4) is 0 Å². The Morgan fingerprint density at radius 3 is 2.79 bits per heavy atom. The van der Waals surface area contributed by atoms with Gasteiger partial charge in [-0.2, -0.15) is 11.3 Å². The highest BCUT2D eigenvalue weighted by Gasteiger charge is 2.34. The molecule has 0 spiro atoms. The highest BCUT2D eigenvalue weighted by molar-refractivity contribution is 7.11. The Kier molecular flexibility index (Phi) is 6.44. The number of ether oxygens (including phenoxy) is 1. The van der Waals surface area contributed by atoms with Gasteiger partial charge in [-0.3, -0.25) is 4.90 Å². The Bertz CT molecular complexity index is 601. The van der Waals surface area contributed by atoms with Crippen molar-refractivity contribution in [2.24, 2.45) is 5.41 Å². The van der Waals surface area contributed by atoms with E-state index in [0.717, 1.165) is 19.8 Å². The average Bonchev–Trinajstić information content (AvgIpc) is 3.25. The Morgan fingerprint density at radius 2 is 2.17 bits per heavy atom. The van der Waals surface area contributed by atoms with Crippen LogP contribution in [0.3, 0.4) is 0 Å². The monoisotopic (exact) mass is 364 g/mol. The van der Waals surface area contributed by atoms with Crippen LogP contribution in [0.2, 0.25) is 0 Å². The average molecular weight is 365 g/mol. The fourth-order valence-corrected chi connectivity index (χ4v) is 5.05. The van der Waals surface area contributed by atoms with Gasteiger partial charge in [0.05, 0.1) is 11.6 Å². The molecule has 24 heavy (non-hydrogen) atoms. The van der Waals surface area contributed by atoms with Crippen LogP contribution >= 0.6 is 22.7 Å². The van der Waals surface area contributed by atoms with Gasteiger partial charge < -0.3 is 4.74 Å². The number of piperidine rings is 1. The van der Waals surface area contributed by atoms with Crippen molar-refractivity contribution in [2.45, 2.75) is 46.1 Å². The second kappa shape index (κ2) is 8.56. The van der Waals surface area contributed by atoms with Crippen molar-refractivity contribution in [3.63, 3.8) is 0 Å². The molecule has 3 nitrogen and oxygen atoms in total. The molecule has 0 radical (unpaired) electrons. The van der Waals surface area contributed by atoms with E-state index in [1.807, 2.05) is 17.5 Å². The fraction of sp³-hybridized carbons (Fsp3) is 0.632. The first kappa shape index (κ1) is 18.1. The lowest BCUT2D eigenvalue weighted by Crippen LogP contribution is -2.42. The molecule has 0 atom stereocenters. The predicted molar refractivity (Wildman–Crippen MR) is 103 cm³/mol. The summed E-state index contributed by atoms with van der Waals surface area (Å²) < 4.78 is 5.88. The van der Waals surface area contributed by atoms with E-state index >= 15 is 0 Å². The molecule has 1 aliphatic rings. The normalized spacial score (nSPS) is 18.1. The molecular formula is C19H28N2OS2. The van der Waals surface area contributed by atoms with E-state index in [1.165, 1.54) is 54.2 Å². The van der Waals surface area contributed by atoms with Crippen molar-refractivity contribution >= 4 is 22.7 Å². The van der Waals surface area contributed by atoms with E-state index in [9.17, 15) is 0 Å². The van der Waals surface area contributed by atoms with Crippen LogP contribution in [-0.2, 0) is 17.7 Å².